The molecule has 0 aliphatic rings. The molecule has 0 amide bonds. The number of aliphatic hydroxyl groups excluding tert-OH is 1. The maximum atomic E-state index is 14.0. The highest BCUT2D eigenvalue weighted by Gasteiger charge is 2.35. The van der Waals surface area contributed by atoms with E-state index in [0.29, 0.717) is 10.0 Å². The molecule has 1 aromatic rings. The van der Waals surface area contributed by atoms with Gasteiger partial charge in [-0.1, -0.05) is 26.0 Å². The van der Waals surface area contributed by atoms with Crippen LogP contribution in [0.1, 0.15) is 39.4 Å². The summed E-state index contributed by atoms with van der Waals surface area (Å²) in [4.78, 5) is 2.12. The van der Waals surface area contributed by atoms with E-state index in [4.69, 9.17) is 0 Å². The van der Waals surface area contributed by atoms with Crippen molar-refractivity contribution in [3.8, 4) is 0 Å². The van der Waals surface area contributed by atoms with Crippen molar-refractivity contribution in [3.05, 3.63) is 34.1 Å². The molecular weight excluding hydrogens is 297 g/mol. The summed E-state index contributed by atoms with van der Waals surface area (Å²) in [5.74, 6) is -0.384. The highest BCUT2D eigenvalue weighted by atomic mass is 79.9. The summed E-state index contributed by atoms with van der Waals surface area (Å²) in [6.07, 6.45) is -0.866. The number of nitrogens with zero attached hydrogens (tertiary/aromatic N) is 1. The van der Waals surface area contributed by atoms with Crippen LogP contribution in [0.4, 0.5) is 4.39 Å². The van der Waals surface area contributed by atoms with Crippen molar-refractivity contribution in [2.45, 2.75) is 39.3 Å². The first kappa shape index (κ1) is 15.6. The first-order valence-corrected chi connectivity index (χ1v) is 7.02. The topological polar surface area (TPSA) is 23.5 Å². The number of hydrogen-bond acceptors (Lipinski definition) is 2. The van der Waals surface area contributed by atoms with Gasteiger partial charge in [-0.3, -0.25) is 4.90 Å². The molecule has 1 N–H and O–H groups in total. The summed E-state index contributed by atoms with van der Waals surface area (Å²) in [5.41, 5.74) is -0.174. The van der Waals surface area contributed by atoms with Crippen LogP contribution in [-0.2, 0) is 0 Å². The molecule has 102 valence electrons. The van der Waals surface area contributed by atoms with Gasteiger partial charge >= 0.3 is 0 Å². The summed E-state index contributed by atoms with van der Waals surface area (Å²) in [5, 5.41) is 10.5. The van der Waals surface area contributed by atoms with Gasteiger partial charge in [0.05, 0.1) is 10.6 Å². The lowest BCUT2D eigenvalue weighted by Gasteiger charge is -2.41. The van der Waals surface area contributed by atoms with Gasteiger partial charge in [-0.05, 0) is 48.9 Å². The van der Waals surface area contributed by atoms with E-state index in [-0.39, 0.29) is 5.82 Å². The van der Waals surface area contributed by atoms with E-state index >= 15 is 0 Å². The summed E-state index contributed by atoms with van der Waals surface area (Å²) >= 11 is 3.15. The van der Waals surface area contributed by atoms with Crippen LogP contribution in [0, 0.1) is 5.82 Å². The Balaban J connectivity index is 3.12. The van der Waals surface area contributed by atoms with E-state index in [0.717, 1.165) is 13.1 Å². The van der Waals surface area contributed by atoms with Gasteiger partial charge < -0.3 is 5.11 Å². The van der Waals surface area contributed by atoms with Crippen molar-refractivity contribution < 1.29 is 9.50 Å². The molecule has 4 heteroatoms. The van der Waals surface area contributed by atoms with Crippen LogP contribution in [-0.4, -0.2) is 28.6 Å². The summed E-state index contributed by atoms with van der Waals surface area (Å²) < 4.78 is 14.4. The van der Waals surface area contributed by atoms with E-state index < -0.39 is 11.6 Å². The summed E-state index contributed by atoms with van der Waals surface area (Å²) in [6, 6.07) is 5.01. The Morgan fingerprint density at radius 2 is 1.89 bits per heavy atom. The summed E-state index contributed by atoms with van der Waals surface area (Å²) in [7, 11) is 0. The minimum atomic E-state index is -0.866. The maximum Gasteiger partial charge on any atom is 0.143 e. The number of aliphatic hydroxyl groups is 1. The third-order valence-corrected chi connectivity index (χ3v) is 4.14. The molecule has 0 aliphatic carbocycles. The molecule has 18 heavy (non-hydrogen) atoms. The molecule has 0 aromatic heterocycles. The van der Waals surface area contributed by atoms with Crippen LogP contribution >= 0.6 is 15.9 Å². The second-order valence-corrected chi connectivity index (χ2v) is 5.73. The fourth-order valence-corrected chi connectivity index (χ4v) is 2.71. The maximum absolute atomic E-state index is 14.0. The number of halogens is 2. The lowest BCUT2D eigenvalue weighted by atomic mass is 9.89. The number of benzene rings is 1. The lowest BCUT2D eigenvalue weighted by Crippen LogP contribution is -2.48. The Morgan fingerprint density at radius 1 is 1.33 bits per heavy atom. The quantitative estimate of drug-likeness (QED) is 0.894. The normalized spacial score (nSPS) is 14.0. The molecule has 0 fully saturated rings. The smallest absolute Gasteiger partial charge is 0.143 e. The lowest BCUT2D eigenvalue weighted by molar-refractivity contribution is -0.00819. The molecule has 0 heterocycles. The van der Waals surface area contributed by atoms with Crippen LogP contribution in [0.5, 0.6) is 0 Å². The Kier molecular flexibility index (Phi) is 5.32. The van der Waals surface area contributed by atoms with E-state index in [9.17, 15) is 9.50 Å². The first-order chi connectivity index (χ1) is 8.36. The molecule has 0 radical (unpaired) electrons. The van der Waals surface area contributed by atoms with E-state index in [1.54, 1.807) is 18.2 Å². The Hall–Kier alpha value is -0.450. The van der Waals surface area contributed by atoms with E-state index in [1.807, 2.05) is 27.7 Å². The molecule has 1 rings (SSSR count). The van der Waals surface area contributed by atoms with Crippen molar-refractivity contribution in [2.24, 2.45) is 0 Å². The van der Waals surface area contributed by atoms with Gasteiger partial charge in [0.2, 0.25) is 0 Å². The zero-order chi connectivity index (χ0) is 13.9. The predicted octanol–water partition coefficient (Wildman–Crippen LogP) is 3.74. The average Bonchev–Trinajstić information content (AvgIpc) is 2.33. The largest absolute Gasteiger partial charge is 0.386 e. The average molecular weight is 318 g/mol. The van der Waals surface area contributed by atoms with Crippen LogP contribution in [0.25, 0.3) is 0 Å². The van der Waals surface area contributed by atoms with Gasteiger partial charge in [-0.2, -0.15) is 0 Å². The second kappa shape index (κ2) is 6.13. The van der Waals surface area contributed by atoms with Crippen molar-refractivity contribution in [2.75, 3.05) is 13.1 Å². The van der Waals surface area contributed by atoms with Gasteiger partial charge in [-0.25, -0.2) is 4.39 Å². The molecule has 0 saturated heterocycles. The Labute approximate surface area is 117 Å². The van der Waals surface area contributed by atoms with Crippen molar-refractivity contribution in [1.82, 2.24) is 4.90 Å². The Bertz CT molecular complexity index is 405. The third-order valence-electron chi connectivity index (χ3n) is 3.52. The van der Waals surface area contributed by atoms with Gasteiger partial charge in [0.25, 0.3) is 0 Å². The molecular formula is C14H21BrFNO. The third kappa shape index (κ3) is 2.92. The van der Waals surface area contributed by atoms with Crippen LogP contribution in [0.3, 0.4) is 0 Å². The fraction of sp³-hybridized carbons (Fsp3) is 0.571. The molecule has 0 saturated carbocycles. The SMILES string of the molecule is CCN(CC)C(C)(C)C(O)c1cccc(Br)c1F. The van der Waals surface area contributed by atoms with Crippen LogP contribution in [0.2, 0.25) is 0 Å². The highest BCUT2D eigenvalue weighted by Crippen LogP contribution is 2.34. The van der Waals surface area contributed by atoms with E-state index in [2.05, 4.69) is 20.8 Å². The number of hydrogen-bond donors (Lipinski definition) is 1. The van der Waals surface area contributed by atoms with Crippen LogP contribution in [0.15, 0.2) is 22.7 Å². The Morgan fingerprint density at radius 3 is 2.39 bits per heavy atom. The van der Waals surface area contributed by atoms with Gasteiger partial charge in [0.1, 0.15) is 5.82 Å². The molecule has 1 atom stereocenters. The molecule has 1 unspecified atom stereocenters. The van der Waals surface area contributed by atoms with Crippen molar-refractivity contribution >= 4 is 15.9 Å². The molecule has 0 spiro atoms. The monoisotopic (exact) mass is 317 g/mol. The summed E-state index contributed by atoms with van der Waals surface area (Å²) in [6.45, 7) is 9.58. The molecule has 1 aromatic carbocycles. The zero-order valence-electron chi connectivity index (χ0n) is 11.4. The second-order valence-electron chi connectivity index (χ2n) is 4.87. The van der Waals surface area contributed by atoms with Crippen LogP contribution < -0.4 is 0 Å². The van der Waals surface area contributed by atoms with Gasteiger partial charge in [0.15, 0.2) is 0 Å². The molecule has 2 nitrogen and oxygen atoms in total. The standard InChI is InChI=1S/C14H21BrFNO/c1-5-17(6-2)14(3,4)13(18)10-8-7-9-11(15)12(10)16/h7-9,13,18H,5-6H2,1-4H3. The zero-order valence-corrected chi connectivity index (χ0v) is 13.0. The fourth-order valence-electron chi connectivity index (χ4n) is 2.32. The van der Waals surface area contributed by atoms with E-state index in [1.165, 1.54) is 0 Å². The minimum Gasteiger partial charge on any atom is -0.386 e. The van der Waals surface area contributed by atoms with Gasteiger partial charge in [0, 0.05) is 11.1 Å². The first-order valence-electron chi connectivity index (χ1n) is 6.23. The van der Waals surface area contributed by atoms with Gasteiger partial charge in [-0.15, -0.1) is 0 Å². The minimum absolute atomic E-state index is 0.335. The molecule has 0 bridgehead atoms. The predicted molar refractivity (Wildman–Crippen MR) is 76.1 cm³/mol. The van der Waals surface area contributed by atoms with Crippen molar-refractivity contribution in [1.29, 1.82) is 0 Å². The highest BCUT2D eigenvalue weighted by molar-refractivity contribution is 9.10. The van der Waals surface area contributed by atoms with Crippen molar-refractivity contribution in [3.63, 3.8) is 0 Å². The molecule has 0 aliphatic heterocycles. The number of likely N-dealkylation sites (N-methyl/N-ethyl adjacent to an activating group) is 1. The number of rotatable bonds is 5.